The molecule has 1 aliphatic rings. The van der Waals surface area contributed by atoms with Crippen LogP contribution >= 0.6 is 0 Å². The van der Waals surface area contributed by atoms with Crippen molar-refractivity contribution in [3.63, 3.8) is 0 Å². The summed E-state index contributed by atoms with van der Waals surface area (Å²) in [5, 5.41) is 13.2. The molecular weight excluding hydrogens is 332 g/mol. The number of hydrogen-bond donors (Lipinski definition) is 2. The van der Waals surface area contributed by atoms with E-state index < -0.39 is 5.60 Å². The monoisotopic (exact) mass is 356 g/mol. The van der Waals surface area contributed by atoms with Crippen LogP contribution in [0.15, 0.2) is 43.0 Å². The van der Waals surface area contributed by atoms with Crippen LogP contribution in [0.25, 0.3) is 0 Å². The van der Waals surface area contributed by atoms with Gasteiger partial charge < -0.3 is 19.9 Å². The van der Waals surface area contributed by atoms with Crippen molar-refractivity contribution in [1.29, 1.82) is 0 Å². The van der Waals surface area contributed by atoms with Gasteiger partial charge in [0.1, 0.15) is 0 Å². The zero-order valence-electron chi connectivity index (χ0n) is 14.9. The Labute approximate surface area is 152 Å². The van der Waals surface area contributed by atoms with Gasteiger partial charge in [-0.3, -0.25) is 9.59 Å². The third kappa shape index (κ3) is 4.29. The molecule has 2 amide bonds. The highest BCUT2D eigenvalue weighted by Crippen LogP contribution is 2.26. The molecule has 1 saturated heterocycles. The first kappa shape index (κ1) is 18.1. The zero-order chi connectivity index (χ0) is 18.6. The second-order valence-corrected chi connectivity index (χ2v) is 6.84. The van der Waals surface area contributed by atoms with Gasteiger partial charge in [0.25, 0.3) is 5.91 Å². The van der Waals surface area contributed by atoms with Crippen molar-refractivity contribution in [2.24, 2.45) is 0 Å². The maximum Gasteiger partial charge on any atom is 0.253 e. The van der Waals surface area contributed by atoms with Crippen molar-refractivity contribution < 1.29 is 14.7 Å². The Balaban J connectivity index is 1.71. The molecule has 26 heavy (non-hydrogen) atoms. The number of nitrogens with zero attached hydrogens (tertiary/aromatic N) is 3. The number of hydrogen-bond acceptors (Lipinski definition) is 4. The predicted octanol–water partition coefficient (Wildman–Crippen LogP) is 1.03. The number of carbonyl (C=O) groups excluding carboxylic acids is 2. The Morgan fingerprint density at radius 1 is 1.38 bits per heavy atom. The highest BCUT2D eigenvalue weighted by molar-refractivity contribution is 5.94. The summed E-state index contributed by atoms with van der Waals surface area (Å²) in [7, 11) is 1.54. The fourth-order valence-electron chi connectivity index (χ4n) is 3.39. The number of benzene rings is 1. The third-order valence-corrected chi connectivity index (χ3v) is 4.71. The maximum atomic E-state index is 12.9. The number of likely N-dealkylation sites (tertiary alicyclic amines) is 1. The van der Waals surface area contributed by atoms with Crippen LogP contribution in [0.5, 0.6) is 0 Å². The molecule has 7 heteroatoms. The number of rotatable bonds is 5. The molecule has 138 valence electrons. The number of aliphatic hydroxyl groups is 1. The fourth-order valence-corrected chi connectivity index (χ4v) is 3.39. The maximum absolute atomic E-state index is 12.9. The minimum absolute atomic E-state index is 0.00789. The van der Waals surface area contributed by atoms with E-state index in [1.54, 1.807) is 30.5 Å². The van der Waals surface area contributed by atoms with Gasteiger partial charge in [0.2, 0.25) is 5.91 Å². The van der Waals surface area contributed by atoms with Gasteiger partial charge >= 0.3 is 0 Å². The predicted molar refractivity (Wildman–Crippen MR) is 96.5 cm³/mol. The van der Waals surface area contributed by atoms with Crippen LogP contribution in [-0.4, -0.2) is 57.1 Å². The molecule has 0 saturated carbocycles. The molecule has 0 radical (unpaired) electrons. The van der Waals surface area contributed by atoms with Crippen molar-refractivity contribution in [2.45, 2.75) is 31.4 Å². The molecule has 2 heterocycles. The van der Waals surface area contributed by atoms with E-state index in [0.717, 1.165) is 5.56 Å². The van der Waals surface area contributed by atoms with E-state index >= 15 is 0 Å². The van der Waals surface area contributed by atoms with Gasteiger partial charge in [-0.2, -0.15) is 0 Å². The molecule has 1 aliphatic heterocycles. The summed E-state index contributed by atoms with van der Waals surface area (Å²) in [6.45, 7) is 1.40. The Morgan fingerprint density at radius 2 is 2.23 bits per heavy atom. The summed E-state index contributed by atoms with van der Waals surface area (Å²) in [4.78, 5) is 30.2. The Kier molecular flexibility index (Phi) is 5.37. The van der Waals surface area contributed by atoms with E-state index in [9.17, 15) is 14.7 Å². The number of amides is 2. The van der Waals surface area contributed by atoms with Crippen LogP contribution in [0.2, 0.25) is 0 Å². The quantitative estimate of drug-likeness (QED) is 0.838. The fraction of sp³-hybridized carbons (Fsp3) is 0.421. The lowest BCUT2D eigenvalue weighted by Crippen LogP contribution is -2.52. The summed E-state index contributed by atoms with van der Waals surface area (Å²) in [6.07, 6.45) is 6.53. The van der Waals surface area contributed by atoms with Gasteiger partial charge in [-0.05, 0) is 30.5 Å². The minimum Gasteiger partial charge on any atom is -0.388 e. The van der Waals surface area contributed by atoms with Crippen LogP contribution in [0, 0.1) is 0 Å². The number of aromatic nitrogens is 2. The number of nitrogens with one attached hydrogen (secondary N) is 1. The van der Waals surface area contributed by atoms with Gasteiger partial charge in [0.05, 0.1) is 24.9 Å². The summed E-state index contributed by atoms with van der Waals surface area (Å²) >= 11 is 0. The summed E-state index contributed by atoms with van der Waals surface area (Å²) < 4.78 is 1.94. The van der Waals surface area contributed by atoms with E-state index in [1.807, 2.05) is 29.0 Å². The highest BCUT2D eigenvalue weighted by Gasteiger charge is 2.37. The second kappa shape index (κ2) is 7.70. The van der Waals surface area contributed by atoms with Crippen molar-refractivity contribution in [2.75, 3.05) is 20.1 Å². The summed E-state index contributed by atoms with van der Waals surface area (Å²) in [5.41, 5.74) is 0.431. The molecule has 1 fully saturated rings. The average molecular weight is 356 g/mol. The molecular formula is C19H24N4O3. The molecule has 2 aromatic rings. The first-order valence-corrected chi connectivity index (χ1v) is 8.76. The highest BCUT2D eigenvalue weighted by atomic mass is 16.3. The molecule has 0 aliphatic carbocycles. The molecule has 0 bridgehead atoms. The Morgan fingerprint density at radius 3 is 2.96 bits per heavy atom. The summed E-state index contributed by atoms with van der Waals surface area (Å²) in [6, 6.07) is 7.48. The second-order valence-electron chi connectivity index (χ2n) is 6.84. The van der Waals surface area contributed by atoms with Crippen LogP contribution in [-0.2, 0) is 11.3 Å². The van der Waals surface area contributed by atoms with Gasteiger partial charge in [-0.1, -0.05) is 12.1 Å². The number of carbonyl (C=O) groups is 2. The van der Waals surface area contributed by atoms with Crippen LogP contribution in [0.1, 0.15) is 35.2 Å². The summed E-state index contributed by atoms with van der Waals surface area (Å²) in [5.74, 6) is -0.336. The van der Waals surface area contributed by atoms with Gasteiger partial charge in [0, 0.05) is 38.1 Å². The molecule has 1 unspecified atom stereocenters. The molecule has 2 N–H and O–H groups in total. The average Bonchev–Trinajstić information content (AvgIpc) is 3.14. The van der Waals surface area contributed by atoms with Crippen molar-refractivity contribution in [3.05, 3.63) is 54.1 Å². The van der Waals surface area contributed by atoms with E-state index in [2.05, 4.69) is 10.3 Å². The first-order chi connectivity index (χ1) is 12.5. The molecule has 1 aromatic carbocycles. The number of imidazole rings is 1. The van der Waals surface area contributed by atoms with Crippen LogP contribution in [0.3, 0.4) is 0 Å². The standard InChI is InChI=1S/C19H24N4O3/c1-20-17(24)11-19(26)6-3-8-23(13-19)18(25)16-5-2-4-15(10-16)12-22-9-7-21-14-22/h2,4-5,7,9-10,14,26H,3,6,8,11-13H2,1H3,(H,20,24). The van der Waals surface area contributed by atoms with E-state index in [-0.39, 0.29) is 24.8 Å². The van der Waals surface area contributed by atoms with E-state index in [4.69, 9.17) is 0 Å². The lowest BCUT2D eigenvalue weighted by atomic mass is 9.89. The lowest BCUT2D eigenvalue weighted by Gasteiger charge is -2.39. The third-order valence-electron chi connectivity index (χ3n) is 4.71. The molecule has 1 aromatic heterocycles. The smallest absolute Gasteiger partial charge is 0.253 e. The Bertz CT molecular complexity index is 775. The minimum atomic E-state index is -1.16. The van der Waals surface area contributed by atoms with Gasteiger partial charge in [-0.15, -0.1) is 0 Å². The number of β-amino-alcohol motifs (C(OH)–C–C–N with tert-alkyl or cyclic N) is 1. The first-order valence-electron chi connectivity index (χ1n) is 8.76. The van der Waals surface area contributed by atoms with Crippen LogP contribution < -0.4 is 5.32 Å². The molecule has 7 nitrogen and oxygen atoms in total. The van der Waals surface area contributed by atoms with Crippen molar-refractivity contribution in [1.82, 2.24) is 19.8 Å². The van der Waals surface area contributed by atoms with Crippen molar-refractivity contribution >= 4 is 11.8 Å². The molecule has 0 spiro atoms. The largest absolute Gasteiger partial charge is 0.388 e. The number of piperidine rings is 1. The van der Waals surface area contributed by atoms with E-state index in [1.165, 1.54) is 0 Å². The lowest BCUT2D eigenvalue weighted by molar-refractivity contribution is -0.127. The van der Waals surface area contributed by atoms with Crippen molar-refractivity contribution in [3.8, 4) is 0 Å². The van der Waals surface area contributed by atoms with Crippen LogP contribution in [0.4, 0.5) is 0 Å². The molecule has 3 rings (SSSR count). The topological polar surface area (TPSA) is 87.5 Å². The van der Waals surface area contributed by atoms with Gasteiger partial charge in [-0.25, -0.2) is 4.98 Å². The van der Waals surface area contributed by atoms with Gasteiger partial charge in [0.15, 0.2) is 0 Å². The zero-order valence-corrected chi connectivity index (χ0v) is 14.9. The molecule has 1 atom stereocenters. The SMILES string of the molecule is CNC(=O)CC1(O)CCCN(C(=O)c2cccc(Cn3ccnc3)c2)C1. The normalized spacial score (nSPS) is 20.0. The van der Waals surface area contributed by atoms with E-state index in [0.29, 0.717) is 31.5 Å². The Hall–Kier alpha value is -2.67.